The van der Waals surface area contributed by atoms with Crippen molar-refractivity contribution in [2.24, 2.45) is 0 Å². The smallest absolute Gasteiger partial charge is 0.350 e. The Bertz CT molecular complexity index is 790. The first-order chi connectivity index (χ1) is 9.63. The predicted octanol–water partition coefficient (Wildman–Crippen LogP) is 2.76. The zero-order chi connectivity index (χ0) is 14.3. The van der Waals surface area contributed by atoms with Crippen molar-refractivity contribution in [3.05, 3.63) is 40.9 Å². The summed E-state index contributed by atoms with van der Waals surface area (Å²) in [5, 5.41) is 5.32. The maximum atomic E-state index is 11.7. The van der Waals surface area contributed by atoms with E-state index in [1.54, 1.807) is 4.68 Å². The molecule has 0 aliphatic carbocycles. The lowest BCUT2D eigenvalue weighted by Crippen LogP contribution is -2.02. The third-order valence-corrected chi connectivity index (χ3v) is 4.26. The fourth-order valence-corrected chi connectivity index (χ4v) is 3.33. The SMILES string of the molecule is COC(=O)c1sc2c(c(C)nn2-c2ccccc2)c1N. The highest BCUT2D eigenvalue weighted by Crippen LogP contribution is 2.37. The van der Waals surface area contributed by atoms with E-state index in [2.05, 4.69) is 5.10 Å². The average Bonchev–Trinajstić information content (AvgIpc) is 2.98. The van der Waals surface area contributed by atoms with Gasteiger partial charge in [0.05, 0.1) is 29.6 Å². The molecule has 0 saturated heterocycles. The summed E-state index contributed by atoms with van der Waals surface area (Å²) in [6.07, 6.45) is 0. The number of ether oxygens (including phenoxy) is 1. The summed E-state index contributed by atoms with van der Waals surface area (Å²) in [7, 11) is 1.35. The molecular formula is C14H13N3O2S. The minimum absolute atomic E-state index is 0.414. The lowest BCUT2D eigenvalue weighted by Gasteiger charge is -2.01. The van der Waals surface area contributed by atoms with Crippen LogP contribution in [0.4, 0.5) is 5.69 Å². The third-order valence-electron chi connectivity index (χ3n) is 3.10. The van der Waals surface area contributed by atoms with E-state index in [0.29, 0.717) is 10.6 Å². The Hall–Kier alpha value is -2.34. The number of anilines is 1. The summed E-state index contributed by atoms with van der Waals surface area (Å²) in [4.78, 5) is 13.0. The molecule has 3 aromatic rings. The van der Waals surface area contributed by atoms with Crippen LogP contribution in [0.15, 0.2) is 30.3 Å². The van der Waals surface area contributed by atoms with Gasteiger partial charge in [-0.15, -0.1) is 11.3 Å². The van der Waals surface area contributed by atoms with Crippen LogP contribution in [0.2, 0.25) is 0 Å². The third kappa shape index (κ3) is 1.77. The molecular weight excluding hydrogens is 274 g/mol. The number of thiophene rings is 1. The minimum atomic E-state index is -0.414. The fraction of sp³-hybridized carbons (Fsp3) is 0.143. The molecule has 0 atom stereocenters. The second kappa shape index (κ2) is 4.64. The Morgan fingerprint density at radius 3 is 2.70 bits per heavy atom. The van der Waals surface area contributed by atoms with Gasteiger partial charge in [0, 0.05) is 0 Å². The monoisotopic (exact) mass is 287 g/mol. The summed E-state index contributed by atoms with van der Waals surface area (Å²) >= 11 is 1.30. The highest BCUT2D eigenvalue weighted by atomic mass is 32.1. The Labute approximate surface area is 119 Å². The molecule has 0 radical (unpaired) electrons. The second-order valence-corrected chi connectivity index (χ2v) is 5.35. The van der Waals surface area contributed by atoms with Gasteiger partial charge < -0.3 is 10.5 Å². The largest absolute Gasteiger partial charge is 0.465 e. The molecule has 0 saturated carbocycles. The van der Waals surface area contributed by atoms with E-state index < -0.39 is 5.97 Å². The van der Waals surface area contributed by atoms with Gasteiger partial charge in [-0.25, -0.2) is 9.48 Å². The lowest BCUT2D eigenvalue weighted by molar-refractivity contribution is 0.0607. The molecule has 0 spiro atoms. The van der Waals surface area contributed by atoms with Crippen LogP contribution < -0.4 is 5.73 Å². The van der Waals surface area contributed by atoms with Crippen molar-refractivity contribution in [3.8, 4) is 5.69 Å². The van der Waals surface area contributed by atoms with Crippen LogP contribution in [-0.4, -0.2) is 22.9 Å². The van der Waals surface area contributed by atoms with Crippen molar-refractivity contribution in [2.75, 3.05) is 12.8 Å². The van der Waals surface area contributed by atoms with Crippen LogP contribution >= 0.6 is 11.3 Å². The number of aromatic nitrogens is 2. The van der Waals surface area contributed by atoms with E-state index >= 15 is 0 Å². The van der Waals surface area contributed by atoms with E-state index in [9.17, 15) is 4.79 Å². The molecule has 2 heterocycles. The molecule has 2 aromatic heterocycles. The highest BCUT2D eigenvalue weighted by Gasteiger charge is 2.22. The molecule has 0 amide bonds. The van der Waals surface area contributed by atoms with Gasteiger partial charge in [0.15, 0.2) is 0 Å². The zero-order valence-electron chi connectivity index (χ0n) is 11.1. The number of benzene rings is 1. The van der Waals surface area contributed by atoms with Gasteiger partial charge in [-0.3, -0.25) is 0 Å². The van der Waals surface area contributed by atoms with Gasteiger partial charge in [0.25, 0.3) is 0 Å². The van der Waals surface area contributed by atoms with Crippen LogP contribution in [0, 0.1) is 6.92 Å². The number of hydrogen-bond donors (Lipinski definition) is 1. The molecule has 20 heavy (non-hydrogen) atoms. The Morgan fingerprint density at radius 1 is 1.35 bits per heavy atom. The molecule has 2 N–H and O–H groups in total. The van der Waals surface area contributed by atoms with E-state index in [1.165, 1.54) is 18.4 Å². The van der Waals surface area contributed by atoms with Crippen LogP contribution in [0.25, 0.3) is 15.9 Å². The van der Waals surface area contributed by atoms with Crippen LogP contribution in [-0.2, 0) is 4.74 Å². The minimum Gasteiger partial charge on any atom is -0.465 e. The standard InChI is InChI=1S/C14H13N3O2S/c1-8-10-11(15)12(14(18)19-2)20-13(10)17(16-8)9-6-4-3-5-7-9/h3-7H,15H2,1-2H3. The van der Waals surface area contributed by atoms with E-state index in [-0.39, 0.29) is 0 Å². The van der Waals surface area contributed by atoms with Crippen LogP contribution in [0.5, 0.6) is 0 Å². The fourth-order valence-electron chi connectivity index (χ4n) is 2.16. The normalized spacial score (nSPS) is 10.9. The quantitative estimate of drug-likeness (QED) is 0.736. The van der Waals surface area contributed by atoms with Crippen LogP contribution in [0.3, 0.4) is 0 Å². The number of carbonyl (C=O) groups is 1. The maximum absolute atomic E-state index is 11.7. The molecule has 0 fully saturated rings. The molecule has 5 nitrogen and oxygen atoms in total. The number of methoxy groups -OCH3 is 1. The van der Waals surface area contributed by atoms with Crippen molar-refractivity contribution in [3.63, 3.8) is 0 Å². The highest BCUT2D eigenvalue weighted by molar-refractivity contribution is 7.21. The zero-order valence-corrected chi connectivity index (χ0v) is 11.9. The van der Waals surface area contributed by atoms with Gasteiger partial charge in [0.2, 0.25) is 0 Å². The molecule has 102 valence electrons. The Balaban J connectivity index is 2.28. The number of rotatable bonds is 2. The van der Waals surface area contributed by atoms with Crippen molar-refractivity contribution in [1.82, 2.24) is 9.78 Å². The van der Waals surface area contributed by atoms with E-state index in [0.717, 1.165) is 21.6 Å². The molecule has 6 heteroatoms. The topological polar surface area (TPSA) is 70.1 Å². The first kappa shape index (κ1) is 12.7. The van der Waals surface area contributed by atoms with Gasteiger partial charge >= 0.3 is 5.97 Å². The summed E-state index contributed by atoms with van der Waals surface area (Å²) < 4.78 is 6.57. The lowest BCUT2D eigenvalue weighted by atomic mass is 10.2. The van der Waals surface area contributed by atoms with Crippen molar-refractivity contribution < 1.29 is 9.53 Å². The summed E-state index contributed by atoms with van der Waals surface area (Å²) in [5.41, 5.74) is 8.24. The molecule has 0 bridgehead atoms. The molecule has 1 aromatic carbocycles. The second-order valence-electron chi connectivity index (χ2n) is 4.35. The van der Waals surface area contributed by atoms with Crippen LogP contribution in [0.1, 0.15) is 15.4 Å². The maximum Gasteiger partial charge on any atom is 0.350 e. The first-order valence-electron chi connectivity index (χ1n) is 6.04. The van der Waals surface area contributed by atoms with Crippen molar-refractivity contribution >= 4 is 33.2 Å². The average molecular weight is 287 g/mol. The van der Waals surface area contributed by atoms with Crippen molar-refractivity contribution in [2.45, 2.75) is 6.92 Å². The summed E-state index contributed by atoms with van der Waals surface area (Å²) in [6, 6.07) is 9.74. The van der Waals surface area contributed by atoms with Gasteiger partial charge in [-0.05, 0) is 19.1 Å². The number of nitrogen functional groups attached to an aromatic ring is 1. The van der Waals surface area contributed by atoms with Gasteiger partial charge in [0.1, 0.15) is 9.71 Å². The Kier molecular flexibility index (Phi) is 2.94. The number of esters is 1. The number of nitrogens with zero attached hydrogens (tertiary/aromatic N) is 2. The first-order valence-corrected chi connectivity index (χ1v) is 6.86. The summed E-state index contributed by atoms with van der Waals surface area (Å²) in [5.74, 6) is -0.414. The molecule has 0 aliphatic heterocycles. The molecule has 3 rings (SSSR count). The number of para-hydroxylation sites is 1. The predicted molar refractivity (Wildman–Crippen MR) is 79.4 cm³/mol. The summed E-state index contributed by atoms with van der Waals surface area (Å²) in [6.45, 7) is 1.88. The molecule has 0 unspecified atom stereocenters. The molecule has 0 aliphatic rings. The number of nitrogens with two attached hydrogens (primary N) is 1. The van der Waals surface area contributed by atoms with Gasteiger partial charge in [-0.2, -0.15) is 5.10 Å². The number of fused-ring (bicyclic) bond motifs is 1. The van der Waals surface area contributed by atoms with E-state index in [4.69, 9.17) is 10.5 Å². The van der Waals surface area contributed by atoms with Crippen molar-refractivity contribution in [1.29, 1.82) is 0 Å². The van der Waals surface area contributed by atoms with Gasteiger partial charge in [-0.1, -0.05) is 18.2 Å². The number of hydrogen-bond acceptors (Lipinski definition) is 5. The number of aryl methyl sites for hydroxylation is 1. The number of carbonyl (C=O) groups excluding carboxylic acids is 1. The Morgan fingerprint density at radius 2 is 2.05 bits per heavy atom. The van der Waals surface area contributed by atoms with E-state index in [1.807, 2.05) is 37.3 Å².